The van der Waals surface area contributed by atoms with Gasteiger partial charge in [-0.2, -0.15) is 0 Å². The molecule has 1 atom stereocenters. The van der Waals surface area contributed by atoms with Gasteiger partial charge in [0.1, 0.15) is 5.82 Å². The average Bonchev–Trinajstić information content (AvgIpc) is 2.68. The Hall–Kier alpha value is -2.53. The Balaban J connectivity index is 1.79. The highest BCUT2D eigenvalue weighted by molar-refractivity contribution is 5.79. The molecule has 1 aliphatic heterocycles. The van der Waals surface area contributed by atoms with Crippen LogP contribution in [0.5, 0.6) is 0 Å². The van der Waals surface area contributed by atoms with Crippen LogP contribution in [0, 0.1) is 5.82 Å². The summed E-state index contributed by atoms with van der Waals surface area (Å²) in [5.74, 6) is -0.331. The molecule has 0 aliphatic carbocycles. The van der Waals surface area contributed by atoms with Gasteiger partial charge >= 0.3 is 0 Å². The van der Waals surface area contributed by atoms with E-state index in [1.807, 2.05) is 18.2 Å². The van der Waals surface area contributed by atoms with Crippen molar-refractivity contribution in [3.05, 3.63) is 76.1 Å². The number of piperidine rings is 1. The van der Waals surface area contributed by atoms with Gasteiger partial charge in [-0.05, 0) is 73.7 Å². The summed E-state index contributed by atoms with van der Waals surface area (Å²) in [6.45, 7) is 4.30. The molecule has 1 aromatic carbocycles. The normalized spacial score (nSPS) is 18.1. The minimum atomic E-state index is -0.331. The Morgan fingerprint density at radius 3 is 2.70 bits per heavy atom. The minimum absolute atomic E-state index is 0.0392. The van der Waals surface area contributed by atoms with Gasteiger partial charge < -0.3 is 4.57 Å². The molecule has 3 aromatic rings. The molecular formula is C22H24FN3O. The van der Waals surface area contributed by atoms with Gasteiger partial charge in [-0.15, -0.1) is 0 Å². The molecule has 1 fully saturated rings. The highest BCUT2D eigenvalue weighted by atomic mass is 19.1. The molecule has 5 heteroatoms. The number of nitrogens with zero attached hydrogens (tertiary/aromatic N) is 3. The van der Waals surface area contributed by atoms with Crippen LogP contribution in [0.25, 0.3) is 10.9 Å². The lowest BCUT2D eigenvalue weighted by atomic mass is 10.0. The first-order valence-electron chi connectivity index (χ1n) is 9.57. The van der Waals surface area contributed by atoms with Gasteiger partial charge in [0, 0.05) is 30.5 Å². The van der Waals surface area contributed by atoms with Crippen LogP contribution in [0.15, 0.2) is 53.6 Å². The average molecular weight is 365 g/mol. The molecule has 1 aliphatic rings. The van der Waals surface area contributed by atoms with Crippen molar-refractivity contribution in [2.75, 3.05) is 6.54 Å². The molecule has 1 saturated heterocycles. The van der Waals surface area contributed by atoms with E-state index >= 15 is 0 Å². The fraction of sp³-hybridized carbons (Fsp3) is 0.364. The Bertz CT molecular complexity index is 1000. The number of likely N-dealkylation sites (tertiary alicyclic amines) is 1. The van der Waals surface area contributed by atoms with E-state index in [1.165, 1.54) is 31.4 Å². The molecule has 1 unspecified atom stereocenters. The zero-order valence-corrected chi connectivity index (χ0v) is 15.6. The number of aromatic nitrogens is 2. The second-order valence-corrected chi connectivity index (χ2v) is 7.43. The van der Waals surface area contributed by atoms with Crippen LogP contribution in [0.2, 0.25) is 0 Å². The summed E-state index contributed by atoms with van der Waals surface area (Å²) in [7, 11) is 0. The monoisotopic (exact) mass is 365 g/mol. The molecule has 3 heterocycles. The van der Waals surface area contributed by atoms with Gasteiger partial charge in [0.25, 0.3) is 5.56 Å². The van der Waals surface area contributed by atoms with Crippen molar-refractivity contribution in [2.24, 2.45) is 0 Å². The zero-order valence-electron chi connectivity index (χ0n) is 15.6. The van der Waals surface area contributed by atoms with E-state index in [0.29, 0.717) is 24.6 Å². The third-order valence-electron chi connectivity index (χ3n) is 5.54. The second-order valence-electron chi connectivity index (χ2n) is 7.43. The lowest BCUT2D eigenvalue weighted by Crippen LogP contribution is -2.39. The lowest BCUT2D eigenvalue weighted by molar-refractivity contribution is 0.152. The minimum Gasteiger partial charge on any atom is -0.303 e. The lowest BCUT2D eigenvalue weighted by Gasteiger charge is -2.33. The SMILES string of the molecule is CC1CCCCN1Cc1cc2ccc(F)cc2n(Cc2ccncc2)c1=O. The van der Waals surface area contributed by atoms with Crippen LogP contribution >= 0.6 is 0 Å². The number of rotatable bonds is 4. The third kappa shape index (κ3) is 3.78. The van der Waals surface area contributed by atoms with E-state index in [-0.39, 0.29) is 11.4 Å². The summed E-state index contributed by atoms with van der Waals surface area (Å²) in [6, 6.07) is 10.9. The van der Waals surface area contributed by atoms with E-state index in [4.69, 9.17) is 0 Å². The molecule has 0 amide bonds. The molecule has 4 nitrogen and oxygen atoms in total. The summed E-state index contributed by atoms with van der Waals surface area (Å²) in [5.41, 5.74) is 2.34. The number of hydrogen-bond acceptors (Lipinski definition) is 3. The van der Waals surface area contributed by atoms with Gasteiger partial charge in [-0.1, -0.05) is 6.42 Å². The van der Waals surface area contributed by atoms with Crippen molar-refractivity contribution in [3.63, 3.8) is 0 Å². The van der Waals surface area contributed by atoms with E-state index in [2.05, 4.69) is 16.8 Å². The van der Waals surface area contributed by atoms with E-state index in [0.717, 1.165) is 23.1 Å². The van der Waals surface area contributed by atoms with E-state index < -0.39 is 0 Å². The predicted octanol–water partition coefficient (Wildman–Crippen LogP) is 3.96. The van der Waals surface area contributed by atoms with Gasteiger partial charge in [0.2, 0.25) is 0 Å². The van der Waals surface area contributed by atoms with Crippen LogP contribution in [-0.4, -0.2) is 27.0 Å². The van der Waals surface area contributed by atoms with E-state index in [9.17, 15) is 9.18 Å². The van der Waals surface area contributed by atoms with Crippen LogP contribution in [0.1, 0.15) is 37.3 Å². The number of benzene rings is 1. The zero-order chi connectivity index (χ0) is 18.8. The van der Waals surface area contributed by atoms with Crippen molar-refractivity contribution in [1.82, 2.24) is 14.5 Å². The van der Waals surface area contributed by atoms with Crippen molar-refractivity contribution >= 4 is 10.9 Å². The Morgan fingerprint density at radius 1 is 1.11 bits per heavy atom. The molecule has 2 aromatic heterocycles. The van der Waals surface area contributed by atoms with Crippen molar-refractivity contribution in [3.8, 4) is 0 Å². The van der Waals surface area contributed by atoms with Gasteiger partial charge in [0.15, 0.2) is 0 Å². The summed E-state index contributed by atoms with van der Waals surface area (Å²) in [5, 5.41) is 0.893. The fourth-order valence-corrected chi connectivity index (χ4v) is 3.96. The van der Waals surface area contributed by atoms with Crippen LogP contribution in [-0.2, 0) is 13.1 Å². The molecule has 27 heavy (non-hydrogen) atoms. The molecule has 0 bridgehead atoms. The molecule has 140 valence electrons. The number of halogens is 1. The summed E-state index contributed by atoms with van der Waals surface area (Å²) >= 11 is 0. The van der Waals surface area contributed by atoms with E-state index in [1.54, 1.807) is 23.0 Å². The topological polar surface area (TPSA) is 38.1 Å². The van der Waals surface area contributed by atoms with Crippen LogP contribution < -0.4 is 5.56 Å². The molecule has 0 N–H and O–H groups in total. The maximum Gasteiger partial charge on any atom is 0.255 e. The third-order valence-corrected chi connectivity index (χ3v) is 5.54. The first-order valence-corrected chi connectivity index (χ1v) is 9.57. The van der Waals surface area contributed by atoms with Gasteiger partial charge in [-0.3, -0.25) is 14.7 Å². The molecule has 0 saturated carbocycles. The highest BCUT2D eigenvalue weighted by Gasteiger charge is 2.20. The summed E-state index contributed by atoms with van der Waals surface area (Å²) < 4.78 is 15.6. The Kier molecular flexibility index (Phi) is 5.03. The number of pyridine rings is 2. The molecule has 0 spiro atoms. The highest BCUT2D eigenvalue weighted by Crippen LogP contribution is 2.21. The molecular weight excluding hydrogens is 341 g/mol. The second kappa shape index (κ2) is 7.61. The van der Waals surface area contributed by atoms with Crippen LogP contribution in [0.3, 0.4) is 0 Å². The van der Waals surface area contributed by atoms with Gasteiger partial charge in [0.05, 0.1) is 12.1 Å². The van der Waals surface area contributed by atoms with Crippen molar-refractivity contribution in [2.45, 2.75) is 45.3 Å². The molecule has 0 radical (unpaired) electrons. The maximum atomic E-state index is 13.9. The van der Waals surface area contributed by atoms with Crippen molar-refractivity contribution < 1.29 is 4.39 Å². The predicted molar refractivity (Wildman–Crippen MR) is 105 cm³/mol. The number of hydrogen-bond donors (Lipinski definition) is 0. The maximum absolute atomic E-state index is 13.9. The summed E-state index contributed by atoms with van der Waals surface area (Å²) in [6.07, 6.45) is 7.02. The fourth-order valence-electron chi connectivity index (χ4n) is 3.96. The first kappa shape index (κ1) is 17.9. The smallest absolute Gasteiger partial charge is 0.255 e. The quantitative estimate of drug-likeness (QED) is 0.702. The van der Waals surface area contributed by atoms with Crippen molar-refractivity contribution in [1.29, 1.82) is 0 Å². The number of fused-ring (bicyclic) bond motifs is 1. The first-order chi connectivity index (χ1) is 13.1. The van der Waals surface area contributed by atoms with Gasteiger partial charge in [-0.25, -0.2) is 4.39 Å². The Morgan fingerprint density at radius 2 is 1.93 bits per heavy atom. The van der Waals surface area contributed by atoms with Crippen LogP contribution in [0.4, 0.5) is 4.39 Å². The standard InChI is InChI=1S/C22H24FN3O/c1-16-4-2-3-11-25(16)15-19-12-18-5-6-20(23)13-21(18)26(22(19)27)14-17-7-9-24-10-8-17/h5-10,12-13,16H,2-4,11,14-15H2,1H3. The molecule has 4 rings (SSSR count). The summed E-state index contributed by atoms with van der Waals surface area (Å²) in [4.78, 5) is 19.7. The Labute approximate surface area is 158 Å². The largest absolute Gasteiger partial charge is 0.303 e.